The van der Waals surface area contributed by atoms with Gasteiger partial charge >= 0.3 is 11.8 Å². The van der Waals surface area contributed by atoms with E-state index in [2.05, 4.69) is 15.7 Å². The number of likely N-dealkylation sites (N-methyl/N-ethyl adjacent to an activating group) is 1. The van der Waals surface area contributed by atoms with Crippen molar-refractivity contribution < 1.29 is 14.0 Å². The van der Waals surface area contributed by atoms with Gasteiger partial charge < -0.3 is 15.5 Å². The minimum Gasteiger partial charge on any atom is -0.346 e. The zero-order valence-corrected chi connectivity index (χ0v) is 13.8. The quantitative estimate of drug-likeness (QED) is 0.798. The molecule has 0 saturated heterocycles. The zero-order chi connectivity index (χ0) is 17.7. The Labute approximate surface area is 139 Å². The smallest absolute Gasteiger partial charge is 0.313 e. The van der Waals surface area contributed by atoms with Crippen molar-refractivity contribution >= 4 is 17.5 Å². The van der Waals surface area contributed by atoms with Crippen molar-refractivity contribution in [1.82, 2.24) is 20.0 Å². The van der Waals surface area contributed by atoms with Crippen molar-refractivity contribution in [1.29, 1.82) is 0 Å². The fraction of sp³-hybridized carbons (Fsp3) is 0.312. The number of hydrogen-bond donors (Lipinski definition) is 2. The predicted octanol–water partition coefficient (Wildman–Crippen LogP) is 0.917. The molecule has 7 nitrogen and oxygen atoms in total. The van der Waals surface area contributed by atoms with E-state index in [9.17, 15) is 14.0 Å². The normalized spacial score (nSPS) is 12.0. The lowest BCUT2D eigenvalue weighted by molar-refractivity contribution is -0.136. The van der Waals surface area contributed by atoms with E-state index in [-0.39, 0.29) is 18.3 Å². The van der Waals surface area contributed by atoms with Crippen LogP contribution in [0.5, 0.6) is 0 Å². The SMILES string of the molecule is CN(C)[C@H](CNC(=O)C(=O)Nc1cccc(F)c1)c1cnn(C)c1. The van der Waals surface area contributed by atoms with Gasteiger partial charge in [-0.15, -0.1) is 0 Å². The highest BCUT2D eigenvalue weighted by Gasteiger charge is 2.20. The van der Waals surface area contributed by atoms with E-state index in [1.165, 1.54) is 18.2 Å². The summed E-state index contributed by atoms with van der Waals surface area (Å²) in [7, 11) is 5.55. The molecule has 2 rings (SSSR count). The summed E-state index contributed by atoms with van der Waals surface area (Å²) in [5.74, 6) is -2.11. The summed E-state index contributed by atoms with van der Waals surface area (Å²) in [6.45, 7) is 0.244. The topological polar surface area (TPSA) is 79.3 Å². The lowest BCUT2D eigenvalue weighted by Gasteiger charge is -2.23. The van der Waals surface area contributed by atoms with Gasteiger partial charge in [-0.2, -0.15) is 5.10 Å². The Hall–Kier alpha value is -2.74. The number of nitrogens with one attached hydrogen (secondary N) is 2. The van der Waals surface area contributed by atoms with Crippen LogP contribution in [-0.4, -0.2) is 47.1 Å². The third kappa shape index (κ3) is 4.63. The van der Waals surface area contributed by atoms with Crippen LogP contribution in [0.4, 0.5) is 10.1 Å². The fourth-order valence-electron chi connectivity index (χ4n) is 2.23. The Kier molecular flexibility index (Phi) is 5.64. The number of nitrogens with zero attached hydrogens (tertiary/aromatic N) is 3. The van der Waals surface area contributed by atoms with Gasteiger partial charge in [0.15, 0.2) is 0 Å². The molecule has 1 aromatic heterocycles. The number of carbonyl (C=O) groups excluding carboxylic acids is 2. The molecular formula is C16H20FN5O2. The number of benzene rings is 1. The van der Waals surface area contributed by atoms with Gasteiger partial charge in [-0.3, -0.25) is 14.3 Å². The van der Waals surface area contributed by atoms with Crippen molar-refractivity contribution in [3.8, 4) is 0 Å². The minimum atomic E-state index is -0.843. The molecule has 0 saturated carbocycles. The third-order valence-electron chi connectivity index (χ3n) is 3.48. The molecule has 0 aliphatic heterocycles. The number of halogens is 1. The molecule has 0 aliphatic carbocycles. The number of carbonyl (C=O) groups is 2. The second-order valence-electron chi connectivity index (χ2n) is 5.60. The van der Waals surface area contributed by atoms with Gasteiger partial charge in [0.2, 0.25) is 0 Å². The second-order valence-corrected chi connectivity index (χ2v) is 5.60. The molecule has 0 radical (unpaired) electrons. The van der Waals surface area contributed by atoms with Crippen LogP contribution in [0.25, 0.3) is 0 Å². The maximum atomic E-state index is 13.1. The summed E-state index contributed by atoms with van der Waals surface area (Å²) < 4.78 is 14.8. The molecule has 2 aromatic rings. The first kappa shape index (κ1) is 17.6. The minimum absolute atomic E-state index is 0.121. The highest BCUT2D eigenvalue weighted by atomic mass is 19.1. The summed E-state index contributed by atoms with van der Waals surface area (Å²) in [5, 5.41) is 9.05. The van der Waals surface area contributed by atoms with E-state index in [4.69, 9.17) is 0 Å². The van der Waals surface area contributed by atoms with Crippen LogP contribution >= 0.6 is 0 Å². The van der Waals surface area contributed by atoms with Crippen LogP contribution in [-0.2, 0) is 16.6 Å². The summed E-state index contributed by atoms with van der Waals surface area (Å²) >= 11 is 0. The van der Waals surface area contributed by atoms with E-state index in [0.29, 0.717) is 0 Å². The van der Waals surface area contributed by atoms with Gasteiger partial charge in [0.1, 0.15) is 5.82 Å². The van der Waals surface area contributed by atoms with Crippen molar-refractivity contribution in [2.75, 3.05) is 26.0 Å². The van der Waals surface area contributed by atoms with Crippen molar-refractivity contribution in [2.24, 2.45) is 7.05 Å². The molecule has 0 fully saturated rings. The van der Waals surface area contributed by atoms with Gasteiger partial charge in [-0.25, -0.2) is 4.39 Å². The van der Waals surface area contributed by atoms with Crippen LogP contribution in [0, 0.1) is 5.82 Å². The number of hydrogen-bond acceptors (Lipinski definition) is 4. The average molecular weight is 333 g/mol. The number of rotatable bonds is 5. The van der Waals surface area contributed by atoms with Crippen LogP contribution in [0.15, 0.2) is 36.7 Å². The van der Waals surface area contributed by atoms with Gasteiger partial charge in [-0.1, -0.05) is 6.07 Å². The van der Waals surface area contributed by atoms with Crippen LogP contribution < -0.4 is 10.6 Å². The fourth-order valence-corrected chi connectivity index (χ4v) is 2.23. The van der Waals surface area contributed by atoms with E-state index in [0.717, 1.165) is 11.6 Å². The van der Waals surface area contributed by atoms with E-state index < -0.39 is 17.6 Å². The molecule has 2 amide bonds. The first-order chi connectivity index (χ1) is 11.4. The zero-order valence-electron chi connectivity index (χ0n) is 13.8. The van der Waals surface area contributed by atoms with Crippen molar-refractivity contribution in [3.63, 3.8) is 0 Å². The number of anilines is 1. The molecule has 1 aromatic carbocycles. The lowest BCUT2D eigenvalue weighted by Crippen LogP contribution is -2.40. The molecule has 0 unspecified atom stereocenters. The van der Waals surface area contributed by atoms with E-state index in [1.54, 1.807) is 17.9 Å². The molecule has 2 N–H and O–H groups in total. The molecule has 0 bridgehead atoms. The second kappa shape index (κ2) is 7.69. The van der Waals surface area contributed by atoms with E-state index in [1.807, 2.05) is 25.2 Å². The number of aromatic nitrogens is 2. The first-order valence-corrected chi connectivity index (χ1v) is 7.36. The summed E-state index contributed by atoms with van der Waals surface area (Å²) in [6, 6.07) is 5.24. The van der Waals surface area contributed by atoms with Gasteiger partial charge in [0, 0.05) is 31.0 Å². The van der Waals surface area contributed by atoms with Gasteiger partial charge in [-0.05, 0) is 32.3 Å². The van der Waals surface area contributed by atoms with Crippen molar-refractivity contribution in [2.45, 2.75) is 6.04 Å². The maximum absolute atomic E-state index is 13.1. The molecule has 128 valence electrons. The largest absolute Gasteiger partial charge is 0.346 e. The number of aryl methyl sites for hydroxylation is 1. The predicted molar refractivity (Wildman–Crippen MR) is 87.7 cm³/mol. The highest BCUT2D eigenvalue weighted by Crippen LogP contribution is 2.16. The Morgan fingerprint density at radius 1 is 1.33 bits per heavy atom. The van der Waals surface area contributed by atoms with Crippen molar-refractivity contribution in [3.05, 3.63) is 48.0 Å². The highest BCUT2D eigenvalue weighted by molar-refractivity contribution is 6.39. The Morgan fingerprint density at radius 3 is 2.67 bits per heavy atom. The molecule has 8 heteroatoms. The molecule has 0 spiro atoms. The summed E-state index contributed by atoms with van der Waals surface area (Å²) in [6.07, 6.45) is 3.56. The molecule has 24 heavy (non-hydrogen) atoms. The molecule has 1 heterocycles. The monoisotopic (exact) mass is 333 g/mol. The number of amides is 2. The van der Waals surface area contributed by atoms with Gasteiger partial charge in [0.25, 0.3) is 0 Å². The lowest BCUT2D eigenvalue weighted by atomic mass is 10.1. The Balaban J connectivity index is 1.94. The maximum Gasteiger partial charge on any atom is 0.313 e. The third-order valence-corrected chi connectivity index (χ3v) is 3.48. The van der Waals surface area contributed by atoms with Gasteiger partial charge in [0.05, 0.1) is 12.2 Å². The summed E-state index contributed by atoms with van der Waals surface area (Å²) in [5.41, 5.74) is 1.15. The van der Waals surface area contributed by atoms with Crippen LogP contribution in [0.1, 0.15) is 11.6 Å². The Morgan fingerprint density at radius 2 is 2.08 bits per heavy atom. The molecule has 1 atom stereocenters. The van der Waals surface area contributed by atoms with E-state index >= 15 is 0 Å². The first-order valence-electron chi connectivity index (χ1n) is 7.36. The average Bonchev–Trinajstić information content (AvgIpc) is 2.93. The van der Waals surface area contributed by atoms with Crippen LogP contribution in [0.2, 0.25) is 0 Å². The standard InChI is InChI=1S/C16H20FN5O2/c1-21(2)14(11-8-19-22(3)10-11)9-18-15(23)16(24)20-13-6-4-5-12(17)7-13/h4-8,10,14H,9H2,1-3H3,(H,18,23)(H,20,24)/t14-/m1/s1. The van der Waals surface area contributed by atoms with Crippen LogP contribution in [0.3, 0.4) is 0 Å². The molecular weight excluding hydrogens is 313 g/mol. The summed E-state index contributed by atoms with van der Waals surface area (Å²) in [4.78, 5) is 25.7. The molecule has 0 aliphatic rings. The Bertz CT molecular complexity index is 729.